The molecule has 154 valence electrons. The summed E-state index contributed by atoms with van der Waals surface area (Å²) < 4.78 is 18.3. The largest absolute Gasteiger partial charge is 0.296 e. The number of aromatic nitrogens is 2. The third-order valence-corrected chi connectivity index (χ3v) is 6.54. The summed E-state index contributed by atoms with van der Waals surface area (Å²) in [7, 11) is 0.372. The van der Waals surface area contributed by atoms with Crippen LogP contribution in [0.5, 0.6) is 0 Å². The third-order valence-electron chi connectivity index (χ3n) is 5.46. The van der Waals surface area contributed by atoms with Gasteiger partial charge in [-0.2, -0.15) is 5.10 Å². The minimum Gasteiger partial charge on any atom is -0.296 e. The van der Waals surface area contributed by atoms with Crippen molar-refractivity contribution in [2.24, 2.45) is 4.99 Å². The molecule has 0 fully saturated rings. The van der Waals surface area contributed by atoms with Gasteiger partial charge in [-0.05, 0) is 49.4 Å². The average molecular weight is 419 g/mol. The van der Waals surface area contributed by atoms with Gasteiger partial charge < -0.3 is 0 Å². The lowest BCUT2D eigenvalue weighted by atomic mass is 10.1. The number of hydrogen-bond donors (Lipinski definition) is 1. The zero-order valence-electron chi connectivity index (χ0n) is 17.4. The Labute approximate surface area is 180 Å². The minimum atomic E-state index is -1.38. The van der Waals surface area contributed by atoms with Gasteiger partial charge in [0.2, 0.25) is 0 Å². The molecule has 2 aromatic carbocycles. The van der Waals surface area contributed by atoms with E-state index in [1.807, 2.05) is 59.4 Å². The first-order valence-electron chi connectivity index (χ1n) is 10.2. The van der Waals surface area contributed by atoms with Gasteiger partial charge in [0.25, 0.3) is 0 Å². The molecule has 0 aliphatic heterocycles. The first-order chi connectivity index (χ1) is 14.7. The Balaban J connectivity index is 1.77. The third kappa shape index (κ3) is 3.75. The Bertz CT molecular complexity index is 1130. The average Bonchev–Trinajstić information content (AvgIpc) is 3.36. The molecule has 0 saturated carbocycles. The van der Waals surface area contributed by atoms with Gasteiger partial charge in [0.15, 0.2) is 11.0 Å². The van der Waals surface area contributed by atoms with Crippen molar-refractivity contribution >= 4 is 29.1 Å². The fraction of sp³-hybridized carbons (Fsp3) is 0.250. The lowest BCUT2D eigenvalue weighted by molar-refractivity contribution is 0.685. The van der Waals surface area contributed by atoms with Crippen LogP contribution in [0.1, 0.15) is 41.3 Å². The SMILES string of the molecule is C=Cc1c(C=NC)cccc1-n1nc2c(c1NS(=O)c1ccc(CC)cc1)CCC2. The molecule has 1 unspecified atom stereocenters. The molecule has 4 rings (SSSR count). The summed E-state index contributed by atoms with van der Waals surface area (Å²) in [5, 5.41) is 4.87. The number of anilines is 1. The van der Waals surface area contributed by atoms with Gasteiger partial charge >= 0.3 is 0 Å². The molecule has 6 heteroatoms. The molecule has 1 heterocycles. The normalized spacial score (nSPS) is 14.1. The highest BCUT2D eigenvalue weighted by atomic mass is 32.2. The number of aliphatic imine (C=N–C) groups is 1. The Kier molecular flexibility index (Phi) is 5.95. The zero-order valence-corrected chi connectivity index (χ0v) is 18.2. The van der Waals surface area contributed by atoms with Crippen molar-refractivity contribution in [3.05, 3.63) is 77.0 Å². The van der Waals surface area contributed by atoms with Crippen LogP contribution in [-0.4, -0.2) is 27.3 Å². The quantitative estimate of drug-likeness (QED) is 0.563. The molecule has 30 heavy (non-hydrogen) atoms. The van der Waals surface area contributed by atoms with Crippen molar-refractivity contribution in [3.63, 3.8) is 0 Å². The van der Waals surface area contributed by atoms with Crippen LogP contribution in [0, 0.1) is 0 Å². The second-order valence-electron chi connectivity index (χ2n) is 7.28. The maximum atomic E-state index is 13.1. The lowest BCUT2D eigenvalue weighted by Crippen LogP contribution is -2.12. The first-order valence-corrected chi connectivity index (χ1v) is 11.4. The van der Waals surface area contributed by atoms with Crippen LogP contribution < -0.4 is 4.72 Å². The maximum absolute atomic E-state index is 13.1. The Morgan fingerprint density at radius 2 is 2.03 bits per heavy atom. The predicted octanol–water partition coefficient (Wildman–Crippen LogP) is 4.75. The summed E-state index contributed by atoms with van der Waals surface area (Å²) in [5.74, 6) is 0.800. The molecule has 0 radical (unpaired) electrons. The van der Waals surface area contributed by atoms with Gasteiger partial charge in [0, 0.05) is 30.0 Å². The highest BCUT2D eigenvalue weighted by Gasteiger charge is 2.25. The molecule has 0 bridgehead atoms. The van der Waals surface area contributed by atoms with Crippen molar-refractivity contribution in [3.8, 4) is 5.69 Å². The smallest absolute Gasteiger partial charge is 0.151 e. The lowest BCUT2D eigenvalue weighted by Gasteiger charge is -2.15. The fourth-order valence-corrected chi connectivity index (χ4v) is 4.78. The van der Waals surface area contributed by atoms with E-state index in [1.165, 1.54) is 5.56 Å². The molecule has 1 N–H and O–H groups in total. The van der Waals surface area contributed by atoms with Crippen molar-refractivity contribution in [2.45, 2.75) is 37.5 Å². The van der Waals surface area contributed by atoms with E-state index in [0.29, 0.717) is 0 Å². The summed E-state index contributed by atoms with van der Waals surface area (Å²) in [6.07, 6.45) is 7.55. The summed E-state index contributed by atoms with van der Waals surface area (Å²) in [5.41, 5.74) is 6.27. The van der Waals surface area contributed by atoms with Crippen LogP contribution in [0.25, 0.3) is 11.8 Å². The van der Waals surface area contributed by atoms with E-state index >= 15 is 0 Å². The molecule has 0 saturated heterocycles. The van der Waals surface area contributed by atoms with E-state index in [9.17, 15) is 4.21 Å². The van der Waals surface area contributed by atoms with Gasteiger partial charge in [0.05, 0.1) is 16.3 Å². The van der Waals surface area contributed by atoms with Crippen LogP contribution in [0.4, 0.5) is 5.82 Å². The number of nitrogens with zero attached hydrogens (tertiary/aromatic N) is 3. The maximum Gasteiger partial charge on any atom is 0.151 e. The van der Waals surface area contributed by atoms with Gasteiger partial charge in [-0.25, -0.2) is 8.89 Å². The van der Waals surface area contributed by atoms with E-state index in [1.54, 1.807) is 7.05 Å². The highest BCUT2D eigenvalue weighted by molar-refractivity contribution is 7.86. The van der Waals surface area contributed by atoms with Crippen LogP contribution in [0.3, 0.4) is 0 Å². The van der Waals surface area contributed by atoms with Crippen LogP contribution in [0.15, 0.2) is 58.9 Å². The van der Waals surface area contributed by atoms with E-state index in [2.05, 4.69) is 23.2 Å². The summed E-state index contributed by atoms with van der Waals surface area (Å²) in [6, 6.07) is 13.9. The second kappa shape index (κ2) is 8.79. The molecule has 3 aromatic rings. The minimum absolute atomic E-state index is 0.752. The molecule has 0 amide bonds. The molecule has 1 aliphatic rings. The van der Waals surface area contributed by atoms with Gasteiger partial charge in [-0.15, -0.1) is 0 Å². The molecular weight excluding hydrogens is 392 g/mol. The topological polar surface area (TPSA) is 59.3 Å². The number of benzene rings is 2. The monoisotopic (exact) mass is 418 g/mol. The summed E-state index contributed by atoms with van der Waals surface area (Å²) in [6.45, 7) is 6.11. The Morgan fingerprint density at radius 3 is 2.73 bits per heavy atom. The summed E-state index contributed by atoms with van der Waals surface area (Å²) in [4.78, 5) is 4.91. The highest BCUT2D eigenvalue weighted by Crippen LogP contribution is 2.33. The number of nitrogens with one attached hydrogen (secondary N) is 1. The molecule has 5 nitrogen and oxygen atoms in total. The van der Waals surface area contributed by atoms with E-state index < -0.39 is 11.0 Å². The predicted molar refractivity (Wildman–Crippen MR) is 125 cm³/mol. The fourth-order valence-electron chi connectivity index (χ4n) is 3.90. The zero-order chi connectivity index (χ0) is 21.1. The van der Waals surface area contributed by atoms with Crippen molar-refractivity contribution < 1.29 is 4.21 Å². The molecule has 0 spiro atoms. The molecule has 1 atom stereocenters. The van der Waals surface area contributed by atoms with Gasteiger partial charge in [-0.3, -0.25) is 9.71 Å². The van der Waals surface area contributed by atoms with Crippen LogP contribution in [-0.2, 0) is 30.2 Å². The standard InChI is InChI=1S/C24H26N4OS/c1-4-17-12-14-19(15-13-17)30(29)27-24-21-9-7-10-22(21)26-28(24)23-11-6-8-18(16-25-3)20(23)5-2/h5-6,8,11-16,27H,2,4,7,9-10H2,1,3H3. The van der Waals surface area contributed by atoms with Crippen molar-refractivity contribution in [1.82, 2.24) is 9.78 Å². The number of rotatable bonds is 7. The van der Waals surface area contributed by atoms with Gasteiger partial charge in [-0.1, -0.05) is 43.8 Å². The molecule has 1 aromatic heterocycles. The molecule has 1 aliphatic carbocycles. The second-order valence-corrected chi connectivity index (χ2v) is 8.49. The van der Waals surface area contributed by atoms with Crippen molar-refractivity contribution in [2.75, 3.05) is 11.8 Å². The molecular formula is C24H26N4OS. The van der Waals surface area contributed by atoms with E-state index in [0.717, 1.165) is 64.5 Å². The van der Waals surface area contributed by atoms with Crippen molar-refractivity contribution in [1.29, 1.82) is 0 Å². The number of fused-ring (bicyclic) bond motifs is 1. The van der Waals surface area contributed by atoms with E-state index in [-0.39, 0.29) is 0 Å². The van der Waals surface area contributed by atoms with Gasteiger partial charge in [0.1, 0.15) is 5.82 Å². The van der Waals surface area contributed by atoms with Crippen LogP contribution >= 0.6 is 0 Å². The number of hydrogen-bond acceptors (Lipinski definition) is 3. The number of aryl methyl sites for hydroxylation is 2. The first kappa shape index (κ1) is 20.3. The Morgan fingerprint density at radius 1 is 1.23 bits per heavy atom. The van der Waals surface area contributed by atoms with E-state index in [4.69, 9.17) is 5.10 Å². The summed E-state index contributed by atoms with van der Waals surface area (Å²) >= 11 is 0. The Hall–Kier alpha value is -2.99. The van der Waals surface area contributed by atoms with Crippen LogP contribution in [0.2, 0.25) is 0 Å².